The maximum absolute atomic E-state index is 10.4. The summed E-state index contributed by atoms with van der Waals surface area (Å²) in [6, 6.07) is 14.2. The number of aryl methyl sites for hydroxylation is 1. The first-order chi connectivity index (χ1) is 9.75. The minimum absolute atomic E-state index is 0.154. The fraction of sp³-hybridized carbons (Fsp3) is 0.368. The number of hydrogen-bond acceptors (Lipinski definition) is 1. The van der Waals surface area contributed by atoms with Crippen LogP contribution in [-0.4, -0.2) is 5.11 Å². The summed E-state index contributed by atoms with van der Waals surface area (Å²) in [5.41, 5.74) is 4.54. The lowest BCUT2D eigenvalue weighted by Crippen LogP contribution is -2.11. The van der Waals surface area contributed by atoms with Crippen molar-refractivity contribution in [3.63, 3.8) is 0 Å². The summed E-state index contributed by atoms with van der Waals surface area (Å²) in [6.45, 7) is 8.59. The number of benzene rings is 2. The van der Waals surface area contributed by atoms with E-state index in [1.165, 1.54) is 5.56 Å². The van der Waals surface area contributed by atoms with Gasteiger partial charge in [0, 0.05) is 11.4 Å². The van der Waals surface area contributed by atoms with E-state index in [4.69, 9.17) is 11.6 Å². The molecule has 2 aromatic rings. The lowest BCUT2D eigenvalue weighted by atomic mass is 9.86. The molecule has 0 saturated carbocycles. The van der Waals surface area contributed by atoms with Gasteiger partial charge in [0.05, 0.1) is 6.10 Å². The molecule has 2 aromatic carbocycles. The molecule has 1 atom stereocenters. The highest BCUT2D eigenvalue weighted by Crippen LogP contribution is 2.26. The van der Waals surface area contributed by atoms with Gasteiger partial charge in [0.25, 0.3) is 0 Å². The molecular formula is C19H23ClO. The minimum atomic E-state index is -0.525. The van der Waals surface area contributed by atoms with Crippen molar-refractivity contribution in [1.29, 1.82) is 0 Å². The molecule has 1 unspecified atom stereocenters. The van der Waals surface area contributed by atoms with Crippen LogP contribution in [0.2, 0.25) is 5.02 Å². The standard InChI is InChI=1S/C19H23ClO/c1-13-9-15(12-17(20)10-13)18(21)11-14-5-7-16(8-6-14)19(2,3)4/h5-10,12,18,21H,11H2,1-4H3. The largest absolute Gasteiger partial charge is 0.388 e. The Morgan fingerprint density at radius 3 is 2.19 bits per heavy atom. The van der Waals surface area contributed by atoms with Crippen LogP contribution in [0, 0.1) is 6.92 Å². The fourth-order valence-corrected chi connectivity index (χ4v) is 2.74. The van der Waals surface area contributed by atoms with Crippen molar-refractivity contribution in [1.82, 2.24) is 0 Å². The van der Waals surface area contributed by atoms with Crippen LogP contribution in [0.1, 0.15) is 49.1 Å². The molecule has 1 N–H and O–H groups in total. The van der Waals surface area contributed by atoms with Gasteiger partial charge in [-0.1, -0.05) is 62.7 Å². The molecular weight excluding hydrogens is 280 g/mol. The van der Waals surface area contributed by atoms with E-state index < -0.39 is 6.10 Å². The van der Waals surface area contributed by atoms with Gasteiger partial charge in [-0.3, -0.25) is 0 Å². The zero-order chi connectivity index (χ0) is 15.6. The molecule has 0 aliphatic heterocycles. The van der Waals surface area contributed by atoms with Crippen LogP contribution in [0.5, 0.6) is 0 Å². The molecule has 0 aromatic heterocycles. The first-order valence-corrected chi connectivity index (χ1v) is 7.68. The van der Waals surface area contributed by atoms with E-state index in [0.717, 1.165) is 16.7 Å². The summed E-state index contributed by atoms with van der Waals surface area (Å²) in [7, 11) is 0. The molecule has 0 radical (unpaired) electrons. The van der Waals surface area contributed by atoms with Crippen molar-refractivity contribution in [2.75, 3.05) is 0 Å². The third-order valence-electron chi connectivity index (χ3n) is 3.70. The molecule has 0 aliphatic rings. The Bertz CT molecular complexity index is 588. The first-order valence-electron chi connectivity index (χ1n) is 7.30. The van der Waals surface area contributed by atoms with Crippen molar-refractivity contribution in [3.8, 4) is 0 Å². The maximum atomic E-state index is 10.4. The molecule has 0 saturated heterocycles. The van der Waals surface area contributed by atoms with Crippen LogP contribution >= 0.6 is 11.6 Å². The fourth-order valence-electron chi connectivity index (χ4n) is 2.44. The Labute approximate surface area is 132 Å². The van der Waals surface area contributed by atoms with E-state index in [0.29, 0.717) is 11.4 Å². The summed E-state index contributed by atoms with van der Waals surface area (Å²) in [5, 5.41) is 11.1. The Balaban J connectivity index is 2.14. The van der Waals surface area contributed by atoms with Crippen LogP contribution < -0.4 is 0 Å². The zero-order valence-electron chi connectivity index (χ0n) is 13.2. The molecule has 0 spiro atoms. The Morgan fingerprint density at radius 2 is 1.67 bits per heavy atom. The van der Waals surface area contributed by atoms with Crippen molar-refractivity contribution in [3.05, 3.63) is 69.7 Å². The monoisotopic (exact) mass is 302 g/mol. The van der Waals surface area contributed by atoms with E-state index in [1.807, 2.05) is 25.1 Å². The van der Waals surface area contributed by atoms with Crippen LogP contribution in [0.25, 0.3) is 0 Å². The third-order valence-corrected chi connectivity index (χ3v) is 3.92. The summed E-state index contributed by atoms with van der Waals surface area (Å²) >= 11 is 6.06. The summed E-state index contributed by atoms with van der Waals surface area (Å²) in [5.74, 6) is 0. The summed E-state index contributed by atoms with van der Waals surface area (Å²) < 4.78 is 0. The molecule has 1 nitrogen and oxygen atoms in total. The highest BCUT2D eigenvalue weighted by atomic mass is 35.5. The first kappa shape index (κ1) is 16.1. The van der Waals surface area contributed by atoms with Crippen LogP contribution in [0.15, 0.2) is 42.5 Å². The van der Waals surface area contributed by atoms with E-state index in [-0.39, 0.29) is 5.41 Å². The van der Waals surface area contributed by atoms with Gasteiger partial charge in [0.2, 0.25) is 0 Å². The maximum Gasteiger partial charge on any atom is 0.0830 e. The molecule has 0 bridgehead atoms. The highest BCUT2D eigenvalue weighted by Gasteiger charge is 2.14. The average Bonchev–Trinajstić information content (AvgIpc) is 2.37. The van der Waals surface area contributed by atoms with E-state index in [9.17, 15) is 5.11 Å². The smallest absolute Gasteiger partial charge is 0.0830 e. The van der Waals surface area contributed by atoms with Gasteiger partial charge < -0.3 is 5.11 Å². The number of aliphatic hydroxyl groups is 1. The molecule has 2 heteroatoms. The summed E-state index contributed by atoms with van der Waals surface area (Å²) in [4.78, 5) is 0. The number of halogens is 1. The van der Waals surface area contributed by atoms with E-state index in [1.54, 1.807) is 0 Å². The average molecular weight is 303 g/mol. The highest BCUT2D eigenvalue weighted by molar-refractivity contribution is 6.30. The predicted octanol–water partition coefficient (Wildman–Crippen LogP) is 5.22. The van der Waals surface area contributed by atoms with Gasteiger partial charge in [-0.05, 0) is 46.7 Å². The van der Waals surface area contributed by atoms with Crippen molar-refractivity contribution in [2.24, 2.45) is 0 Å². The van der Waals surface area contributed by atoms with Crippen LogP contribution in [-0.2, 0) is 11.8 Å². The molecule has 0 heterocycles. The van der Waals surface area contributed by atoms with Gasteiger partial charge in [-0.2, -0.15) is 0 Å². The zero-order valence-corrected chi connectivity index (χ0v) is 13.9. The second-order valence-electron chi connectivity index (χ2n) is 6.73. The van der Waals surface area contributed by atoms with Gasteiger partial charge in [0.15, 0.2) is 0 Å². The second-order valence-corrected chi connectivity index (χ2v) is 7.17. The quantitative estimate of drug-likeness (QED) is 0.824. The SMILES string of the molecule is Cc1cc(Cl)cc(C(O)Cc2ccc(C(C)(C)C)cc2)c1. The van der Waals surface area contributed by atoms with Crippen LogP contribution in [0.4, 0.5) is 0 Å². The number of rotatable bonds is 3. The van der Waals surface area contributed by atoms with Crippen molar-refractivity contribution in [2.45, 2.75) is 45.6 Å². The van der Waals surface area contributed by atoms with E-state index in [2.05, 4.69) is 45.0 Å². The molecule has 2 rings (SSSR count). The predicted molar refractivity (Wildman–Crippen MR) is 90.0 cm³/mol. The molecule has 0 fully saturated rings. The van der Waals surface area contributed by atoms with Gasteiger partial charge >= 0.3 is 0 Å². The van der Waals surface area contributed by atoms with E-state index >= 15 is 0 Å². The molecule has 112 valence electrons. The Kier molecular flexibility index (Phi) is 4.75. The normalized spacial score (nSPS) is 13.2. The lowest BCUT2D eigenvalue weighted by molar-refractivity contribution is 0.178. The second kappa shape index (κ2) is 6.21. The van der Waals surface area contributed by atoms with Crippen LogP contribution in [0.3, 0.4) is 0 Å². The molecule has 0 amide bonds. The van der Waals surface area contributed by atoms with Gasteiger partial charge in [0.1, 0.15) is 0 Å². The van der Waals surface area contributed by atoms with Gasteiger partial charge in [-0.25, -0.2) is 0 Å². The lowest BCUT2D eigenvalue weighted by Gasteiger charge is -2.19. The molecule has 0 aliphatic carbocycles. The Morgan fingerprint density at radius 1 is 1.05 bits per heavy atom. The third kappa shape index (κ3) is 4.33. The van der Waals surface area contributed by atoms with Crippen molar-refractivity contribution < 1.29 is 5.11 Å². The minimum Gasteiger partial charge on any atom is -0.388 e. The topological polar surface area (TPSA) is 20.2 Å². The Hall–Kier alpha value is -1.31. The number of aliphatic hydroxyl groups excluding tert-OH is 1. The number of hydrogen-bond donors (Lipinski definition) is 1. The summed E-state index contributed by atoms with van der Waals surface area (Å²) in [6.07, 6.45) is 0.0763. The van der Waals surface area contributed by atoms with Gasteiger partial charge in [-0.15, -0.1) is 0 Å². The molecule has 21 heavy (non-hydrogen) atoms. The van der Waals surface area contributed by atoms with Crippen molar-refractivity contribution >= 4 is 11.6 Å².